The maximum absolute atomic E-state index is 9.86. The summed E-state index contributed by atoms with van der Waals surface area (Å²) in [7, 11) is 1.76. The lowest BCUT2D eigenvalue weighted by Gasteiger charge is -2.15. The highest BCUT2D eigenvalue weighted by molar-refractivity contribution is 5.82. The highest BCUT2D eigenvalue weighted by atomic mass is 16.5. The smallest absolute Gasteiger partial charge is 0.167 e. The van der Waals surface area contributed by atoms with Crippen LogP contribution in [-0.2, 0) is 4.74 Å². The van der Waals surface area contributed by atoms with Crippen molar-refractivity contribution in [1.82, 2.24) is 24.4 Å². The molecule has 10 heteroatoms. The zero-order valence-electron chi connectivity index (χ0n) is 12.7. The van der Waals surface area contributed by atoms with Gasteiger partial charge in [0.15, 0.2) is 17.0 Å². The predicted octanol–water partition coefficient (Wildman–Crippen LogP) is -1.28. The molecule has 3 heterocycles. The molecule has 0 saturated carbocycles. The molecule has 1 saturated heterocycles. The highest BCUT2D eigenvalue weighted by Crippen LogP contribution is 2.31. The number of aliphatic hydroxyl groups is 3. The molecule has 0 amide bonds. The zero-order chi connectivity index (χ0) is 16.4. The summed E-state index contributed by atoms with van der Waals surface area (Å²) in [6, 6.07) is 0. The first-order chi connectivity index (χ1) is 11.1. The van der Waals surface area contributed by atoms with Crippen LogP contribution in [0.15, 0.2) is 12.7 Å². The third-order valence-corrected chi connectivity index (χ3v) is 3.81. The van der Waals surface area contributed by atoms with Crippen molar-refractivity contribution >= 4 is 17.0 Å². The summed E-state index contributed by atoms with van der Waals surface area (Å²) in [5.41, 5.74) is 1.15. The molecule has 0 radical (unpaired) electrons. The Morgan fingerprint density at radius 2 is 2.22 bits per heavy atom. The Morgan fingerprint density at radius 3 is 2.91 bits per heavy atom. The molecule has 23 heavy (non-hydrogen) atoms. The van der Waals surface area contributed by atoms with E-state index in [0.717, 1.165) is 0 Å². The van der Waals surface area contributed by atoms with Crippen molar-refractivity contribution in [1.29, 1.82) is 0 Å². The Balaban J connectivity index is 1.84. The predicted molar refractivity (Wildman–Crippen MR) is 80.3 cm³/mol. The molecule has 4 N–H and O–H groups in total. The van der Waals surface area contributed by atoms with Crippen molar-refractivity contribution in [2.24, 2.45) is 0 Å². The molecule has 0 spiro atoms. The second kappa shape index (κ2) is 6.72. The van der Waals surface area contributed by atoms with E-state index in [1.807, 2.05) is 0 Å². The lowest BCUT2D eigenvalue weighted by atomic mass is 10.2. The molecule has 0 aromatic carbocycles. The van der Waals surface area contributed by atoms with E-state index in [0.29, 0.717) is 30.1 Å². The Hall–Kier alpha value is -1.85. The topological polar surface area (TPSA) is 129 Å². The van der Waals surface area contributed by atoms with Gasteiger partial charge in [0, 0.05) is 6.42 Å². The van der Waals surface area contributed by atoms with E-state index in [-0.39, 0.29) is 13.3 Å². The van der Waals surface area contributed by atoms with Gasteiger partial charge in [0.1, 0.15) is 18.7 Å². The number of aromatic nitrogens is 4. The number of hydrogen-bond acceptors (Lipinski definition) is 9. The van der Waals surface area contributed by atoms with Crippen molar-refractivity contribution in [3.8, 4) is 0 Å². The quantitative estimate of drug-likeness (QED) is 0.480. The van der Waals surface area contributed by atoms with Crippen LogP contribution in [0.2, 0.25) is 0 Å². The monoisotopic (exact) mass is 324 g/mol. The van der Waals surface area contributed by atoms with Gasteiger partial charge >= 0.3 is 0 Å². The molecule has 2 aromatic rings. The maximum atomic E-state index is 9.86. The summed E-state index contributed by atoms with van der Waals surface area (Å²) in [5, 5.41) is 31.1. The molecule has 3 unspecified atom stereocenters. The van der Waals surface area contributed by atoms with E-state index < -0.39 is 18.4 Å². The minimum absolute atomic E-state index is 0.0774. The molecule has 1 fully saturated rings. The van der Waals surface area contributed by atoms with Crippen molar-refractivity contribution in [2.75, 3.05) is 32.4 Å². The van der Waals surface area contributed by atoms with Gasteiger partial charge in [0.05, 0.1) is 32.4 Å². The van der Waals surface area contributed by atoms with Crippen LogP contribution < -0.4 is 5.32 Å². The van der Waals surface area contributed by atoms with Gasteiger partial charge in [-0.25, -0.2) is 15.0 Å². The summed E-state index contributed by atoms with van der Waals surface area (Å²) >= 11 is 0. The number of aliphatic hydroxyl groups excluding tert-OH is 3. The maximum Gasteiger partial charge on any atom is 0.167 e. The number of nitrogens with one attached hydrogen (secondary N) is 1. The summed E-state index contributed by atoms with van der Waals surface area (Å²) in [4.78, 5) is 14.4. The molecular formula is C13H20N6O4. The molecule has 10 nitrogen and oxygen atoms in total. The van der Waals surface area contributed by atoms with E-state index in [2.05, 4.69) is 20.3 Å². The largest absolute Gasteiger partial charge is 0.394 e. The summed E-state index contributed by atoms with van der Waals surface area (Å²) in [6.07, 6.45) is 1.59. The number of ether oxygens (including phenoxy) is 1. The van der Waals surface area contributed by atoms with Gasteiger partial charge in [-0.15, -0.1) is 0 Å². The Morgan fingerprint density at radius 1 is 1.39 bits per heavy atom. The summed E-state index contributed by atoms with van der Waals surface area (Å²) < 4.78 is 7.35. The van der Waals surface area contributed by atoms with Gasteiger partial charge in [0.25, 0.3) is 0 Å². The van der Waals surface area contributed by atoms with Crippen molar-refractivity contribution in [3.05, 3.63) is 12.7 Å². The SMILES string of the molecule is CN(CO)CNc1ncnc2c1ncn2C1CC(O)C(CO)O1. The number of anilines is 1. The average molecular weight is 324 g/mol. The standard InChI is InChI=1S/C13H20N6O4/c1-18(7-21)5-17-12-11-13(15-4-14-12)19(6-16-11)10-2-8(22)9(3-20)23-10/h4,6,8-10,20-22H,2-3,5,7H2,1H3,(H,14,15,17). The van der Waals surface area contributed by atoms with Crippen molar-refractivity contribution < 1.29 is 20.1 Å². The molecule has 126 valence electrons. The second-order valence-electron chi connectivity index (χ2n) is 5.49. The Bertz CT molecular complexity index is 665. The molecule has 3 rings (SSSR count). The first-order valence-corrected chi connectivity index (χ1v) is 7.29. The molecule has 3 atom stereocenters. The number of rotatable bonds is 6. The fourth-order valence-electron chi connectivity index (χ4n) is 2.50. The number of nitrogens with zero attached hydrogens (tertiary/aromatic N) is 5. The number of hydrogen-bond donors (Lipinski definition) is 4. The van der Waals surface area contributed by atoms with Crippen LogP contribution in [-0.4, -0.2) is 79.0 Å². The van der Waals surface area contributed by atoms with Gasteiger partial charge < -0.3 is 25.4 Å². The summed E-state index contributed by atoms with van der Waals surface area (Å²) in [5.74, 6) is 0.548. The van der Waals surface area contributed by atoms with E-state index in [9.17, 15) is 10.2 Å². The number of imidazole rings is 1. The van der Waals surface area contributed by atoms with Crippen LogP contribution in [0.4, 0.5) is 5.82 Å². The first-order valence-electron chi connectivity index (χ1n) is 7.29. The van der Waals surface area contributed by atoms with Crippen molar-refractivity contribution in [2.45, 2.75) is 24.9 Å². The molecule has 2 aromatic heterocycles. The molecule has 0 bridgehead atoms. The van der Waals surface area contributed by atoms with Gasteiger partial charge in [-0.05, 0) is 7.05 Å². The van der Waals surface area contributed by atoms with E-state index in [1.54, 1.807) is 22.8 Å². The van der Waals surface area contributed by atoms with E-state index in [1.165, 1.54) is 6.33 Å². The van der Waals surface area contributed by atoms with Crippen LogP contribution in [0.25, 0.3) is 11.2 Å². The lowest BCUT2D eigenvalue weighted by molar-refractivity contribution is -0.0432. The lowest BCUT2D eigenvalue weighted by Crippen LogP contribution is -2.26. The normalized spacial score (nSPS) is 24.7. The summed E-state index contributed by atoms with van der Waals surface area (Å²) in [6.45, 7) is 0.0896. The molecule has 1 aliphatic rings. The van der Waals surface area contributed by atoms with E-state index >= 15 is 0 Å². The van der Waals surface area contributed by atoms with Gasteiger partial charge in [-0.3, -0.25) is 9.47 Å². The first kappa shape index (κ1) is 16.0. The fraction of sp³-hybridized carbons (Fsp3) is 0.615. The van der Waals surface area contributed by atoms with Crippen molar-refractivity contribution in [3.63, 3.8) is 0 Å². The Labute approximate surface area is 132 Å². The van der Waals surface area contributed by atoms with Gasteiger partial charge in [-0.2, -0.15) is 0 Å². The molecular weight excluding hydrogens is 304 g/mol. The molecule has 0 aliphatic carbocycles. The average Bonchev–Trinajstić information content (AvgIpc) is 3.15. The van der Waals surface area contributed by atoms with Crippen LogP contribution in [0.3, 0.4) is 0 Å². The van der Waals surface area contributed by atoms with Gasteiger partial charge in [0.2, 0.25) is 0 Å². The van der Waals surface area contributed by atoms with Crippen LogP contribution >= 0.6 is 0 Å². The second-order valence-corrected chi connectivity index (χ2v) is 5.49. The number of fused-ring (bicyclic) bond motifs is 1. The third kappa shape index (κ3) is 3.12. The fourth-order valence-corrected chi connectivity index (χ4v) is 2.50. The van der Waals surface area contributed by atoms with Gasteiger partial charge in [-0.1, -0.05) is 0 Å². The minimum Gasteiger partial charge on any atom is -0.394 e. The zero-order valence-corrected chi connectivity index (χ0v) is 12.7. The highest BCUT2D eigenvalue weighted by Gasteiger charge is 2.35. The minimum atomic E-state index is -0.722. The Kier molecular flexibility index (Phi) is 4.68. The van der Waals surface area contributed by atoms with Crippen LogP contribution in [0, 0.1) is 0 Å². The third-order valence-electron chi connectivity index (χ3n) is 3.81. The van der Waals surface area contributed by atoms with E-state index in [4.69, 9.17) is 9.84 Å². The van der Waals surface area contributed by atoms with Crippen LogP contribution in [0.1, 0.15) is 12.6 Å². The van der Waals surface area contributed by atoms with Crippen LogP contribution in [0.5, 0.6) is 0 Å². The molecule has 1 aliphatic heterocycles.